The molecule has 2 aliphatic heterocycles. The van der Waals surface area contributed by atoms with Crippen molar-refractivity contribution in [2.75, 3.05) is 31.7 Å². The Morgan fingerprint density at radius 3 is 2.44 bits per heavy atom. The molecule has 0 bridgehead atoms. The molecule has 2 atom stereocenters. The molecule has 2 heterocycles. The third kappa shape index (κ3) is 4.99. The highest BCUT2D eigenvalue weighted by Gasteiger charge is 2.44. The van der Waals surface area contributed by atoms with Crippen molar-refractivity contribution in [2.24, 2.45) is 5.92 Å². The molecular formula is C41H37F2NO3Si. The van der Waals surface area contributed by atoms with Gasteiger partial charge in [-0.2, -0.15) is 0 Å². The Hall–Kier alpha value is -4.30. The molecule has 48 heavy (non-hydrogen) atoms. The number of fused-ring (bicyclic) bond motifs is 8. The van der Waals surface area contributed by atoms with Gasteiger partial charge in [0, 0.05) is 60.0 Å². The van der Waals surface area contributed by atoms with E-state index in [0.29, 0.717) is 23.7 Å². The molecule has 0 spiro atoms. The molecule has 3 aliphatic rings. The number of ether oxygens (including phenoxy) is 1. The number of hydrogen-bond donors (Lipinski definition) is 0. The predicted molar refractivity (Wildman–Crippen MR) is 188 cm³/mol. The van der Waals surface area contributed by atoms with E-state index in [-0.39, 0.29) is 21.6 Å². The summed E-state index contributed by atoms with van der Waals surface area (Å²) in [5, 5.41) is 1.60. The standard InChI is InChI=1S/C41H37F2NO3Si/c1-40(2)36-23-30(43)14-18-33(36)37-32-17-13-29(42)22-35(32)39-34(38(37)40)19-20-41(47-39,27-9-5-4-6-10-27)28-11-15-31(16-12-28)44-21-7-8-26(24-44)25-46-48-45-3/h4-6,9-20,22-23,26H,7-8,21,24-25H2,1-3H3. The van der Waals surface area contributed by atoms with Crippen LogP contribution in [0.25, 0.3) is 28.0 Å². The summed E-state index contributed by atoms with van der Waals surface area (Å²) >= 11 is 0. The van der Waals surface area contributed by atoms with Crippen molar-refractivity contribution < 1.29 is 22.4 Å². The average Bonchev–Trinajstić information content (AvgIpc) is 3.34. The van der Waals surface area contributed by atoms with E-state index in [0.717, 1.165) is 75.9 Å². The van der Waals surface area contributed by atoms with E-state index in [9.17, 15) is 4.39 Å². The monoisotopic (exact) mass is 657 g/mol. The van der Waals surface area contributed by atoms with Crippen LogP contribution in [0.2, 0.25) is 0 Å². The highest BCUT2D eigenvalue weighted by atomic mass is 28.3. The lowest BCUT2D eigenvalue weighted by molar-refractivity contribution is 0.163. The zero-order valence-corrected chi connectivity index (χ0v) is 28.4. The van der Waals surface area contributed by atoms with Crippen LogP contribution in [-0.2, 0) is 19.9 Å². The SMILES string of the molecule is CO[Si]OCC1CCCN(c2ccc(C3(c4ccccc4)C=Cc4c5c(c6ccc(F)cc6c4O3)-c3ccc(F)cc3C5(C)C)cc2)C1. The Kier molecular flexibility index (Phi) is 7.74. The summed E-state index contributed by atoms with van der Waals surface area (Å²) in [5.74, 6) is 0.495. The second-order valence-corrected chi connectivity index (χ2v) is 14.5. The molecule has 5 aromatic rings. The summed E-state index contributed by atoms with van der Waals surface area (Å²) in [6.07, 6.45) is 6.54. The normalized spacial score (nSPS) is 20.7. The maximum absolute atomic E-state index is 15.1. The summed E-state index contributed by atoms with van der Waals surface area (Å²) in [6, 6.07) is 28.8. The molecule has 8 rings (SSSR count). The second-order valence-electron chi connectivity index (χ2n) is 13.6. The van der Waals surface area contributed by atoms with E-state index in [1.807, 2.05) is 30.3 Å². The molecule has 0 aromatic heterocycles. The number of hydrogen-bond acceptors (Lipinski definition) is 4. The van der Waals surface area contributed by atoms with Crippen LogP contribution < -0.4 is 9.64 Å². The van der Waals surface area contributed by atoms with Crippen LogP contribution in [0.4, 0.5) is 14.5 Å². The Bertz CT molecular complexity index is 2050. The number of nitrogens with zero attached hydrogens (tertiary/aromatic N) is 1. The van der Waals surface area contributed by atoms with Crippen LogP contribution in [0.3, 0.4) is 0 Å². The first kappa shape index (κ1) is 31.0. The first-order chi connectivity index (χ1) is 23.3. The molecule has 2 radical (unpaired) electrons. The summed E-state index contributed by atoms with van der Waals surface area (Å²) in [4.78, 5) is 2.43. The van der Waals surface area contributed by atoms with Gasteiger partial charge in [0.25, 0.3) is 0 Å². The predicted octanol–water partition coefficient (Wildman–Crippen LogP) is 9.19. The molecule has 5 aromatic carbocycles. The third-order valence-corrected chi connectivity index (χ3v) is 10.9. The maximum atomic E-state index is 15.1. The van der Waals surface area contributed by atoms with Gasteiger partial charge in [0.05, 0.1) is 0 Å². The van der Waals surface area contributed by atoms with Gasteiger partial charge in [-0.15, -0.1) is 0 Å². The molecule has 7 heteroatoms. The number of anilines is 1. The smallest absolute Gasteiger partial charge is 0.433 e. The van der Waals surface area contributed by atoms with Crippen LogP contribution in [0.15, 0.2) is 97.1 Å². The zero-order chi connectivity index (χ0) is 33.0. The lowest BCUT2D eigenvalue weighted by Crippen LogP contribution is -2.38. The minimum absolute atomic E-state index is 0.0756. The van der Waals surface area contributed by atoms with E-state index < -0.39 is 11.0 Å². The number of halogens is 2. The highest BCUT2D eigenvalue weighted by molar-refractivity contribution is 6.17. The van der Waals surface area contributed by atoms with E-state index in [1.54, 1.807) is 19.2 Å². The van der Waals surface area contributed by atoms with Gasteiger partial charge < -0.3 is 18.5 Å². The lowest BCUT2D eigenvalue weighted by Gasteiger charge is -2.39. The Labute approximate surface area is 283 Å². The lowest BCUT2D eigenvalue weighted by atomic mass is 9.76. The molecule has 242 valence electrons. The second kappa shape index (κ2) is 12.0. The number of rotatable bonds is 7. The largest absolute Gasteiger partial charge is 0.472 e. The Morgan fingerprint density at radius 2 is 1.65 bits per heavy atom. The summed E-state index contributed by atoms with van der Waals surface area (Å²) in [5.41, 5.74) is 6.56. The van der Waals surface area contributed by atoms with Gasteiger partial charge in [0.2, 0.25) is 0 Å². The van der Waals surface area contributed by atoms with E-state index in [1.165, 1.54) is 12.1 Å². The summed E-state index contributed by atoms with van der Waals surface area (Å²) in [6.45, 7) is 6.90. The van der Waals surface area contributed by atoms with Crippen molar-refractivity contribution in [1.82, 2.24) is 0 Å². The van der Waals surface area contributed by atoms with Gasteiger partial charge in [-0.3, -0.25) is 0 Å². The Balaban J connectivity index is 1.25. The maximum Gasteiger partial charge on any atom is 0.433 e. The van der Waals surface area contributed by atoms with Crippen LogP contribution in [0, 0.1) is 17.6 Å². The van der Waals surface area contributed by atoms with Crippen LogP contribution in [0.1, 0.15) is 54.5 Å². The number of benzene rings is 5. The minimum atomic E-state index is -0.957. The van der Waals surface area contributed by atoms with Gasteiger partial charge in [0.15, 0.2) is 5.60 Å². The summed E-state index contributed by atoms with van der Waals surface area (Å²) < 4.78 is 47.8. The Morgan fingerprint density at radius 1 is 0.896 bits per heavy atom. The van der Waals surface area contributed by atoms with Crippen molar-refractivity contribution in [3.8, 4) is 16.9 Å². The van der Waals surface area contributed by atoms with Crippen LogP contribution in [-0.4, -0.2) is 36.8 Å². The molecule has 0 N–H and O–H groups in total. The van der Waals surface area contributed by atoms with Crippen LogP contribution in [0.5, 0.6) is 5.75 Å². The van der Waals surface area contributed by atoms with Crippen LogP contribution >= 0.6 is 0 Å². The van der Waals surface area contributed by atoms with Gasteiger partial charge in [-0.1, -0.05) is 74.5 Å². The minimum Gasteiger partial charge on any atom is -0.472 e. The molecule has 1 fully saturated rings. The van der Waals surface area contributed by atoms with Gasteiger partial charge in [0.1, 0.15) is 17.4 Å². The van der Waals surface area contributed by atoms with E-state index in [4.69, 9.17) is 13.6 Å². The summed E-state index contributed by atoms with van der Waals surface area (Å²) in [7, 11) is 1.74. The molecule has 0 amide bonds. The number of piperidine rings is 1. The van der Waals surface area contributed by atoms with Gasteiger partial charge in [-0.25, -0.2) is 8.78 Å². The van der Waals surface area contributed by atoms with Crippen molar-refractivity contribution in [1.29, 1.82) is 0 Å². The van der Waals surface area contributed by atoms with Crippen molar-refractivity contribution >= 4 is 32.5 Å². The van der Waals surface area contributed by atoms with E-state index >= 15 is 4.39 Å². The first-order valence-corrected chi connectivity index (χ1v) is 17.4. The van der Waals surface area contributed by atoms with Crippen molar-refractivity contribution in [3.63, 3.8) is 0 Å². The van der Waals surface area contributed by atoms with Gasteiger partial charge >= 0.3 is 10.0 Å². The fraction of sp³-hybridized carbons (Fsp3) is 0.268. The topological polar surface area (TPSA) is 30.9 Å². The molecule has 1 saturated heterocycles. The van der Waals surface area contributed by atoms with Gasteiger partial charge in [-0.05, 0) is 88.9 Å². The van der Waals surface area contributed by atoms with Crippen molar-refractivity contribution in [3.05, 3.63) is 137 Å². The fourth-order valence-corrected chi connectivity index (χ4v) is 8.58. The molecule has 0 saturated carbocycles. The fourth-order valence-electron chi connectivity index (χ4n) is 8.16. The molecule has 2 unspecified atom stereocenters. The first-order valence-electron chi connectivity index (χ1n) is 16.6. The molecular weight excluding hydrogens is 621 g/mol. The average molecular weight is 658 g/mol. The molecule has 4 nitrogen and oxygen atoms in total. The third-order valence-electron chi connectivity index (χ3n) is 10.4. The zero-order valence-electron chi connectivity index (χ0n) is 27.4. The van der Waals surface area contributed by atoms with E-state index in [2.05, 4.69) is 67.3 Å². The molecule has 1 aliphatic carbocycles. The quantitative estimate of drug-likeness (QED) is 0.129. The van der Waals surface area contributed by atoms with Crippen molar-refractivity contribution in [2.45, 2.75) is 37.7 Å². The highest BCUT2D eigenvalue weighted by Crippen LogP contribution is 2.58.